The SMILES string of the molecule is CCC(COC)NC(=O)c1nnn(-c2ccc(C(=O)NCC(F)(F)F)cc2)c1CCCCCF. The van der Waals surface area contributed by atoms with Gasteiger partial charge in [0.05, 0.1) is 30.7 Å². The van der Waals surface area contributed by atoms with Crippen molar-refractivity contribution < 1.29 is 31.9 Å². The number of nitrogens with one attached hydrogen (secondary N) is 2. The molecule has 0 aliphatic rings. The van der Waals surface area contributed by atoms with Crippen LogP contribution in [0.1, 0.15) is 59.1 Å². The molecule has 0 bridgehead atoms. The summed E-state index contributed by atoms with van der Waals surface area (Å²) >= 11 is 0. The topological polar surface area (TPSA) is 98.1 Å². The van der Waals surface area contributed by atoms with Gasteiger partial charge in [-0.15, -0.1) is 5.10 Å². The highest BCUT2D eigenvalue weighted by Crippen LogP contribution is 2.18. The van der Waals surface area contributed by atoms with Gasteiger partial charge in [0.1, 0.15) is 6.54 Å². The third-order valence-corrected chi connectivity index (χ3v) is 5.04. The fourth-order valence-corrected chi connectivity index (χ4v) is 3.23. The summed E-state index contributed by atoms with van der Waals surface area (Å²) in [6, 6.07) is 5.52. The van der Waals surface area contributed by atoms with Gasteiger partial charge < -0.3 is 15.4 Å². The molecule has 1 aromatic carbocycles. The molecular weight excluding hydrogens is 458 g/mol. The minimum absolute atomic E-state index is 0.0425. The number of nitrogens with zero attached hydrogens (tertiary/aromatic N) is 3. The van der Waals surface area contributed by atoms with Gasteiger partial charge in [-0.3, -0.25) is 14.0 Å². The summed E-state index contributed by atoms with van der Waals surface area (Å²) in [5.74, 6) is -1.28. The molecule has 1 atom stereocenters. The first-order valence-corrected chi connectivity index (χ1v) is 11.0. The molecule has 188 valence electrons. The number of amides is 2. The van der Waals surface area contributed by atoms with Crippen molar-refractivity contribution in [2.45, 2.75) is 51.2 Å². The van der Waals surface area contributed by atoms with Gasteiger partial charge in [-0.1, -0.05) is 18.6 Å². The van der Waals surface area contributed by atoms with Crippen molar-refractivity contribution in [1.29, 1.82) is 0 Å². The van der Waals surface area contributed by atoms with Crippen molar-refractivity contribution in [2.75, 3.05) is 26.9 Å². The van der Waals surface area contributed by atoms with Crippen molar-refractivity contribution in [3.05, 3.63) is 41.2 Å². The molecule has 1 heterocycles. The molecule has 0 saturated carbocycles. The molecule has 12 heteroatoms. The Hall–Kier alpha value is -3.02. The Balaban J connectivity index is 2.25. The molecule has 2 rings (SSSR count). The second-order valence-electron chi connectivity index (χ2n) is 7.67. The van der Waals surface area contributed by atoms with Crippen molar-refractivity contribution in [3.63, 3.8) is 0 Å². The van der Waals surface area contributed by atoms with Gasteiger partial charge in [0.25, 0.3) is 11.8 Å². The average Bonchev–Trinajstić information content (AvgIpc) is 3.23. The smallest absolute Gasteiger partial charge is 0.383 e. The second-order valence-corrected chi connectivity index (χ2v) is 7.67. The third-order valence-electron chi connectivity index (χ3n) is 5.04. The maximum atomic E-state index is 12.9. The Morgan fingerprint density at radius 3 is 2.41 bits per heavy atom. The van der Waals surface area contributed by atoms with E-state index < -0.39 is 31.2 Å². The van der Waals surface area contributed by atoms with Gasteiger partial charge in [-0.25, -0.2) is 4.68 Å². The molecule has 1 unspecified atom stereocenters. The number of carbonyl (C=O) groups excluding carboxylic acids is 2. The minimum Gasteiger partial charge on any atom is -0.383 e. The van der Waals surface area contributed by atoms with E-state index in [-0.39, 0.29) is 17.3 Å². The van der Waals surface area contributed by atoms with Gasteiger partial charge >= 0.3 is 6.18 Å². The lowest BCUT2D eigenvalue weighted by atomic mass is 10.1. The van der Waals surface area contributed by atoms with Crippen LogP contribution in [0, 0.1) is 0 Å². The van der Waals surface area contributed by atoms with Gasteiger partial charge in [-0.05, 0) is 49.9 Å². The summed E-state index contributed by atoms with van der Waals surface area (Å²) in [6.07, 6.45) is -1.84. The van der Waals surface area contributed by atoms with Crippen LogP contribution >= 0.6 is 0 Å². The number of aromatic nitrogens is 3. The fraction of sp³-hybridized carbons (Fsp3) is 0.545. The summed E-state index contributed by atoms with van der Waals surface area (Å²) < 4.78 is 56.0. The first-order valence-electron chi connectivity index (χ1n) is 11.0. The quantitative estimate of drug-likeness (QED) is 0.333. The predicted molar refractivity (Wildman–Crippen MR) is 117 cm³/mol. The number of alkyl halides is 4. The summed E-state index contributed by atoms with van der Waals surface area (Å²) in [4.78, 5) is 24.8. The van der Waals surface area contributed by atoms with E-state index in [1.807, 2.05) is 12.2 Å². The lowest BCUT2D eigenvalue weighted by Gasteiger charge is -2.15. The van der Waals surface area contributed by atoms with Crippen molar-refractivity contribution in [1.82, 2.24) is 25.6 Å². The Labute approximate surface area is 195 Å². The number of methoxy groups -OCH3 is 1. The summed E-state index contributed by atoms with van der Waals surface area (Å²) in [5, 5.41) is 12.8. The molecule has 8 nitrogen and oxygen atoms in total. The lowest BCUT2D eigenvalue weighted by Crippen LogP contribution is -2.38. The highest BCUT2D eigenvalue weighted by Gasteiger charge is 2.28. The molecule has 0 fully saturated rings. The fourth-order valence-electron chi connectivity index (χ4n) is 3.23. The minimum atomic E-state index is -4.51. The average molecular weight is 487 g/mol. The molecule has 2 N–H and O–H groups in total. The monoisotopic (exact) mass is 487 g/mol. The van der Waals surface area contributed by atoms with Gasteiger partial charge in [-0.2, -0.15) is 13.2 Å². The highest BCUT2D eigenvalue weighted by molar-refractivity contribution is 5.94. The Morgan fingerprint density at radius 1 is 1.12 bits per heavy atom. The molecule has 2 amide bonds. The first kappa shape index (κ1) is 27.2. The molecule has 34 heavy (non-hydrogen) atoms. The van der Waals surface area contributed by atoms with E-state index in [0.29, 0.717) is 50.1 Å². The molecule has 1 aromatic heterocycles. The van der Waals surface area contributed by atoms with Crippen LogP contribution < -0.4 is 10.6 Å². The molecule has 0 saturated heterocycles. The number of halogens is 4. The maximum Gasteiger partial charge on any atom is 0.405 e. The van der Waals surface area contributed by atoms with E-state index in [9.17, 15) is 27.2 Å². The lowest BCUT2D eigenvalue weighted by molar-refractivity contribution is -0.123. The Morgan fingerprint density at radius 2 is 1.82 bits per heavy atom. The van der Waals surface area contributed by atoms with Crippen LogP contribution in [-0.4, -0.2) is 66.0 Å². The highest BCUT2D eigenvalue weighted by atomic mass is 19.4. The Bertz CT molecular complexity index is 932. The first-order chi connectivity index (χ1) is 16.2. The van der Waals surface area contributed by atoms with Crippen molar-refractivity contribution in [3.8, 4) is 5.69 Å². The predicted octanol–water partition coefficient (Wildman–Crippen LogP) is 3.40. The van der Waals surface area contributed by atoms with Crippen LogP contribution in [0.25, 0.3) is 5.69 Å². The van der Waals surface area contributed by atoms with E-state index in [0.717, 1.165) is 0 Å². The molecule has 2 aromatic rings. The molecule has 0 aliphatic heterocycles. The number of hydrogen-bond donors (Lipinski definition) is 2. The number of unbranched alkanes of at least 4 members (excludes halogenated alkanes) is 2. The summed E-state index contributed by atoms with van der Waals surface area (Å²) in [6.45, 7) is 0.378. The molecule has 0 radical (unpaired) electrons. The standard InChI is InChI=1S/C22H29F4N5O3/c1-3-16(13-34-2)28-21(33)19-18(7-5-4-6-12-23)31(30-29-19)17-10-8-15(9-11-17)20(32)27-14-22(24,25)26/h8-11,16H,3-7,12-14H2,1-2H3,(H,27,32)(H,28,33). The van der Waals surface area contributed by atoms with Gasteiger partial charge in [0, 0.05) is 12.7 Å². The second kappa shape index (κ2) is 13.0. The van der Waals surface area contributed by atoms with E-state index in [1.165, 1.54) is 36.1 Å². The zero-order chi connectivity index (χ0) is 25.1. The molecular formula is C22H29F4N5O3. The van der Waals surface area contributed by atoms with E-state index in [2.05, 4.69) is 15.6 Å². The van der Waals surface area contributed by atoms with Crippen LogP contribution in [0.2, 0.25) is 0 Å². The summed E-state index contributed by atoms with van der Waals surface area (Å²) in [5.41, 5.74) is 1.16. The number of rotatable bonds is 13. The number of hydrogen-bond acceptors (Lipinski definition) is 5. The van der Waals surface area contributed by atoms with Crippen LogP contribution in [0.5, 0.6) is 0 Å². The van der Waals surface area contributed by atoms with Gasteiger partial charge in [0.2, 0.25) is 0 Å². The summed E-state index contributed by atoms with van der Waals surface area (Å²) in [7, 11) is 1.54. The van der Waals surface area contributed by atoms with Crippen LogP contribution in [0.4, 0.5) is 17.6 Å². The normalized spacial score (nSPS) is 12.4. The van der Waals surface area contributed by atoms with E-state index in [1.54, 1.807) is 0 Å². The number of ether oxygens (including phenoxy) is 1. The number of carbonyl (C=O) groups is 2. The third kappa shape index (κ3) is 8.08. The van der Waals surface area contributed by atoms with Crippen molar-refractivity contribution >= 4 is 11.8 Å². The molecule has 0 spiro atoms. The van der Waals surface area contributed by atoms with E-state index in [4.69, 9.17) is 4.74 Å². The van der Waals surface area contributed by atoms with Crippen LogP contribution in [0.15, 0.2) is 24.3 Å². The number of benzene rings is 1. The Kier molecular flexibility index (Phi) is 10.4. The zero-order valence-electron chi connectivity index (χ0n) is 19.1. The largest absolute Gasteiger partial charge is 0.405 e. The van der Waals surface area contributed by atoms with Crippen LogP contribution in [-0.2, 0) is 11.2 Å². The van der Waals surface area contributed by atoms with Crippen molar-refractivity contribution in [2.24, 2.45) is 0 Å². The van der Waals surface area contributed by atoms with E-state index >= 15 is 0 Å². The molecule has 0 aliphatic carbocycles. The maximum absolute atomic E-state index is 12.9. The van der Waals surface area contributed by atoms with Gasteiger partial charge in [0.15, 0.2) is 5.69 Å². The van der Waals surface area contributed by atoms with Crippen LogP contribution in [0.3, 0.4) is 0 Å². The zero-order valence-corrected chi connectivity index (χ0v) is 19.1.